The Bertz CT molecular complexity index is 498. The van der Waals surface area contributed by atoms with Crippen LogP contribution in [0.5, 0.6) is 0 Å². The molecule has 0 saturated carbocycles. The Kier molecular flexibility index (Phi) is 10.3. The van der Waals surface area contributed by atoms with Gasteiger partial charge >= 0.3 is 0 Å². The normalized spacial score (nSPS) is 9.27. The van der Waals surface area contributed by atoms with E-state index < -0.39 is 0 Å². The number of hydrogen-bond donors (Lipinski definition) is 0. The first kappa shape index (κ1) is 20.4. The van der Waals surface area contributed by atoms with E-state index in [0.29, 0.717) is 0 Å². The first-order chi connectivity index (χ1) is 10.5. The van der Waals surface area contributed by atoms with Crippen molar-refractivity contribution in [1.82, 2.24) is 0 Å². The molecule has 2 rings (SSSR count). The number of aryl methyl sites for hydroxylation is 4. The lowest BCUT2D eigenvalue weighted by Crippen LogP contribution is -1.88. The minimum Gasteiger partial charge on any atom is -0.0683 e. The highest BCUT2D eigenvalue weighted by Crippen LogP contribution is 2.13. The molecular weight excluding hydrogens is 264 g/mol. The summed E-state index contributed by atoms with van der Waals surface area (Å²) in [5.74, 6) is 0. The predicted molar refractivity (Wildman–Crippen MR) is 102 cm³/mol. The van der Waals surface area contributed by atoms with E-state index in [1.54, 1.807) is 0 Å². The third kappa shape index (κ3) is 6.05. The minimum absolute atomic E-state index is 1.15. The summed E-state index contributed by atoms with van der Waals surface area (Å²) in [6, 6.07) is 13.0. The second-order valence-corrected chi connectivity index (χ2v) is 5.43. The summed E-state index contributed by atoms with van der Waals surface area (Å²) in [7, 11) is 0. The van der Waals surface area contributed by atoms with E-state index >= 15 is 0 Å². The van der Waals surface area contributed by atoms with Gasteiger partial charge in [0.25, 0.3) is 0 Å². The molecule has 0 atom stereocenters. The summed E-state index contributed by atoms with van der Waals surface area (Å²) in [5.41, 5.74) is 8.65. The van der Waals surface area contributed by atoms with Crippen molar-refractivity contribution in [3.05, 3.63) is 69.8 Å². The molecule has 0 spiro atoms. The van der Waals surface area contributed by atoms with Crippen molar-refractivity contribution in [3.63, 3.8) is 0 Å². The molecule has 0 aliphatic carbocycles. The first-order valence-electron chi connectivity index (χ1n) is 8.61. The summed E-state index contributed by atoms with van der Waals surface area (Å²) < 4.78 is 0. The van der Waals surface area contributed by atoms with Crippen molar-refractivity contribution in [2.75, 3.05) is 0 Å². The number of hydrogen-bond acceptors (Lipinski definition) is 0. The minimum atomic E-state index is 1.15. The topological polar surface area (TPSA) is 0 Å². The zero-order chi connectivity index (χ0) is 17.1. The fourth-order valence-electron chi connectivity index (χ4n) is 2.39. The summed E-state index contributed by atoms with van der Waals surface area (Å²) in [6.07, 6.45) is 2.29. The van der Waals surface area contributed by atoms with Gasteiger partial charge in [-0.25, -0.2) is 0 Å². The zero-order valence-electron chi connectivity index (χ0n) is 15.9. The van der Waals surface area contributed by atoms with Gasteiger partial charge < -0.3 is 0 Å². The quantitative estimate of drug-likeness (QED) is 0.574. The standard InChI is InChI=1S/2C10H14.C2H6/c2*1-4-10-7-5-6-8(2)9(10)3;1-2/h2*5-7H,4H2,1-3H3;1-2H3. The molecule has 0 heterocycles. The summed E-state index contributed by atoms with van der Waals surface area (Å²) in [4.78, 5) is 0. The molecule has 0 aromatic heterocycles. The fraction of sp³-hybridized carbons (Fsp3) is 0.455. The van der Waals surface area contributed by atoms with Gasteiger partial charge in [0.15, 0.2) is 0 Å². The van der Waals surface area contributed by atoms with Crippen LogP contribution in [0.4, 0.5) is 0 Å². The smallest absolute Gasteiger partial charge is 0.0305 e. The van der Waals surface area contributed by atoms with Gasteiger partial charge in [-0.3, -0.25) is 0 Å². The largest absolute Gasteiger partial charge is 0.0683 e. The molecular formula is C22H34. The lowest BCUT2D eigenvalue weighted by molar-refractivity contribution is 1.09. The Morgan fingerprint density at radius 2 is 0.909 bits per heavy atom. The molecule has 0 saturated heterocycles. The second kappa shape index (κ2) is 11.1. The monoisotopic (exact) mass is 298 g/mol. The van der Waals surface area contributed by atoms with E-state index in [1.165, 1.54) is 33.4 Å². The van der Waals surface area contributed by atoms with Crippen LogP contribution in [0, 0.1) is 27.7 Å². The van der Waals surface area contributed by atoms with Gasteiger partial charge in [0.1, 0.15) is 0 Å². The van der Waals surface area contributed by atoms with Crippen LogP contribution in [0.2, 0.25) is 0 Å². The third-order valence-corrected chi connectivity index (χ3v) is 4.20. The Labute approximate surface area is 138 Å². The van der Waals surface area contributed by atoms with E-state index in [4.69, 9.17) is 0 Å². The van der Waals surface area contributed by atoms with E-state index in [1.807, 2.05) is 13.8 Å². The van der Waals surface area contributed by atoms with Gasteiger partial charge in [0.05, 0.1) is 0 Å². The maximum atomic E-state index is 2.20. The molecule has 0 N–H and O–H groups in total. The first-order valence-corrected chi connectivity index (χ1v) is 8.61. The van der Waals surface area contributed by atoms with Gasteiger partial charge in [-0.1, -0.05) is 64.1 Å². The zero-order valence-corrected chi connectivity index (χ0v) is 15.9. The summed E-state index contributed by atoms with van der Waals surface area (Å²) in [5, 5.41) is 0. The van der Waals surface area contributed by atoms with Crippen molar-refractivity contribution in [2.45, 2.75) is 68.2 Å². The lowest BCUT2D eigenvalue weighted by Gasteiger charge is -2.04. The molecule has 2 aromatic carbocycles. The molecule has 0 amide bonds. The molecule has 0 aliphatic heterocycles. The molecule has 0 unspecified atom stereocenters. The molecule has 0 radical (unpaired) electrons. The van der Waals surface area contributed by atoms with Crippen molar-refractivity contribution in [2.24, 2.45) is 0 Å². The molecule has 22 heavy (non-hydrogen) atoms. The van der Waals surface area contributed by atoms with E-state index in [2.05, 4.69) is 77.9 Å². The molecule has 0 fully saturated rings. The molecule has 2 aromatic rings. The Morgan fingerprint density at radius 1 is 0.591 bits per heavy atom. The molecule has 0 nitrogen and oxygen atoms in total. The van der Waals surface area contributed by atoms with Gasteiger partial charge in [0, 0.05) is 0 Å². The Morgan fingerprint density at radius 3 is 1.14 bits per heavy atom. The number of rotatable bonds is 2. The fourth-order valence-corrected chi connectivity index (χ4v) is 2.39. The van der Waals surface area contributed by atoms with Gasteiger partial charge in [-0.2, -0.15) is 0 Å². The van der Waals surface area contributed by atoms with Crippen molar-refractivity contribution in [1.29, 1.82) is 0 Å². The highest BCUT2D eigenvalue weighted by molar-refractivity contribution is 5.33. The van der Waals surface area contributed by atoms with Crippen LogP contribution in [-0.4, -0.2) is 0 Å². The van der Waals surface area contributed by atoms with Gasteiger partial charge in [0.2, 0.25) is 0 Å². The highest BCUT2D eigenvalue weighted by Gasteiger charge is 1.96. The Hall–Kier alpha value is -1.56. The van der Waals surface area contributed by atoms with E-state index in [-0.39, 0.29) is 0 Å². The van der Waals surface area contributed by atoms with Crippen molar-refractivity contribution in [3.8, 4) is 0 Å². The highest BCUT2D eigenvalue weighted by atomic mass is 14.0. The lowest BCUT2D eigenvalue weighted by atomic mass is 10.0. The Balaban J connectivity index is 0.000000360. The summed E-state index contributed by atoms with van der Waals surface area (Å²) in [6.45, 7) is 17.1. The average molecular weight is 299 g/mol. The summed E-state index contributed by atoms with van der Waals surface area (Å²) >= 11 is 0. The van der Waals surface area contributed by atoms with Crippen LogP contribution < -0.4 is 0 Å². The third-order valence-electron chi connectivity index (χ3n) is 4.20. The molecule has 0 heteroatoms. The van der Waals surface area contributed by atoms with Gasteiger partial charge in [-0.15, -0.1) is 0 Å². The molecule has 0 bridgehead atoms. The SMILES string of the molecule is CC.CCc1cccc(C)c1C.CCc1cccc(C)c1C. The predicted octanol–water partition coefficient (Wildman–Crippen LogP) is 6.76. The van der Waals surface area contributed by atoms with Crippen LogP contribution in [0.25, 0.3) is 0 Å². The maximum Gasteiger partial charge on any atom is -0.0305 e. The number of benzene rings is 2. The van der Waals surface area contributed by atoms with Crippen LogP contribution in [0.3, 0.4) is 0 Å². The average Bonchev–Trinajstić information content (AvgIpc) is 2.55. The van der Waals surface area contributed by atoms with Crippen molar-refractivity contribution < 1.29 is 0 Å². The van der Waals surface area contributed by atoms with Crippen LogP contribution in [0.1, 0.15) is 61.1 Å². The molecule has 0 aliphatic rings. The van der Waals surface area contributed by atoms with Crippen LogP contribution in [-0.2, 0) is 12.8 Å². The maximum absolute atomic E-state index is 2.20. The molecule has 122 valence electrons. The van der Waals surface area contributed by atoms with Gasteiger partial charge in [-0.05, 0) is 73.9 Å². The van der Waals surface area contributed by atoms with E-state index in [0.717, 1.165) is 12.8 Å². The van der Waals surface area contributed by atoms with Crippen molar-refractivity contribution >= 4 is 0 Å². The van der Waals surface area contributed by atoms with Crippen LogP contribution in [0.15, 0.2) is 36.4 Å². The second-order valence-electron chi connectivity index (χ2n) is 5.43. The van der Waals surface area contributed by atoms with E-state index in [9.17, 15) is 0 Å². The van der Waals surface area contributed by atoms with Crippen LogP contribution >= 0.6 is 0 Å².